The van der Waals surface area contributed by atoms with Crippen LogP contribution in [0.2, 0.25) is 0 Å². The number of hydrogen-bond donors (Lipinski definition) is 2. The van der Waals surface area contributed by atoms with Crippen molar-refractivity contribution in [2.24, 2.45) is 11.7 Å². The molecule has 1 aliphatic rings. The molecule has 6 heteroatoms. The molecule has 3 rings (SSSR count). The summed E-state index contributed by atoms with van der Waals surface area (Å²) in [5.74, 6) is -0.958. The van der Waals surface area contributed by atoms with E-state index < -0.39 is 11.9 Å². The maximum atomic E-state index is 12.1. The van der Waals surface area contributed by atoms with Crippen LogP contribution in [0.15, 0.2) is 36.4 Å². The van der Waals surface area contributed by atoms with E-state index in [1.807, 2.05) is 36.4 Å². The van der Waals surface area contributed by atoms with Crippen molar-refractivity contribution in [1.82, 2.24) is 10.3 Å². The van der Waals surface area contributed by atoms with E-state index in [1.54, 1.807) is 0 Å². The molecule has 0 bridgehead atoms. The summed E-state index contributed by atoms with van der Waals surface area (Å²) < 4.78 is 5.20. The summed E-state index contributed by atoms with van der Waals surface area (Å²) in [7, 11) is 0. The standard InChI is InChI=1S/C17H19N3O3/c18-16(21)15(20-17(22)12-7-8-23-10-12)9-13-6-5-11-3-1-2-4-14(11)19-13/h1-6,12,15H,7-10H2,(H2,18,21)(H,20,22)/t12-,15-/m0/s1. The summed E-state index contributed by atoms with van der Waals surface area (Å²) >= 11 is 0. The summed E-state index contributed by atoms with van der Waals surface area (Å²) in [5, 5.41) is 3.75. The SMILES string of the molecule is NC(=O)[C@H](Cc1ccc2ccccc2n1)NC(=O)[C@H]1CCOC1. The van der Waals surface area contributed by atoms with E-state index in [0.29, 0.717) is 19.6 Å². The number of nitrogens with two attached hydrogens (primary N) is 1. The quantitative estimate of drug-likeness (QED) is 0.853. The van der Waals surface area contributed by atoms with Gasteiger partial charge in [-0.1, -0.05) is 24.3 Å². The Balaban J connectivity index is 1.72. The first-order chi connectivity index (χ1) is 11.1. The summed E-state index contributed by atoms with van der Waals surface area (Å²) in [6.45, 7) is 0.969. The number of ether oxygens (including phenoxy) is 1. The van der Waals surface area contributed by atoms with Gasteiger partial charge in [-0.3, -0.25) is 14.6 Å². The minimum absolute atomic E-state index is 0.188. The van der Waals surface area contributed by atoms with E-state index in [-0.39, 0.29) is 18.2 Å². The molecule has 1 saturated heterocycles. The smallest absolute Gasteiger partial charge is 0.240 e. The Morgan fingerprint density at radius 2 is 2.13 bits per heavy atom. The van der Waals surface area contributed by atoms with Crippen LogP contribution < -0.4 is 11.1 Å². The van der Waals surface area contributed by atoms with Gasteiger partial charge in [0.05, 0.1) is 18.0 Å². The second-order valence-electron chi connectivity index (χ2n) is 5.72. The van der Waals surface area contributed by atoms with Crippen LogP contribution in [-0.4, -0.2) is 36.1 Å². The van der Waals surface area contributed by atoms with Crippen molar-refractivity contribution in [1.29, 1.82) is 0 Å². The number of amides is 2. The minimum atomic E-state index is -0.767. The van der Waals surface area contributed by atoms with Crippen molar-refractivity contribution in [3.63, 3.8) is 0 Å². The monoisotopic (exact) mass is 313 g/mol. The van der Waals surface area contributed by atoms with Crippen LogP contribution in [0.25, 0.3) is 10.9 Å². The number of carbonyl (C=O) groups excluding carboxylic acids is 2. The molecular formula is C17H19N3O3. The number of carbonyl (C=O) groups is 2. The molecule has 2 aromatic rings. The number of nitrogens with zero attached hydrogens (tertiary/aromatic N) is 1. The molecule has 0 radical (unpaired) electrons. The molecule has 0 aliphatic carbocycles. The average Bonchev–Trinajstić information content (AvgIpc) is 3.08. The molecule has 1 fully saturated rings. The lowest BCUT2D eigenvalue weighted by Gasteiger charge is -2.17. The fraction of sp³-hybridized carbons (Fsp3) is 0.353. The first-order valence-corrected chi connectivity index (χ1v) is 7.65. The second kappa shape index (κ2) is 6.75. The number of fused-ring (bicyclic) bond motifs is 1. The highest BCUT2D eigenvalue weighted by molar-refractivity contribution is 5.88. The third-order valence-corrected chi connectivity index (χ3v) is 4.03. The number of aromatic nitrogens is 1. The van der Waals surface area contributed by atoms with Crippen molar-refractivity contribution in [3.8, 4) is 0 Å². The fourth-order valence-electron chi connectivity index (χ4n) is 2.68. The van der Waals surface area contributed by atoms with Gasteiger partial charge >= 0.3 is 0 Å². The van der Waals surface area contributed by atoms with E-state index in [1.165, 1.54) is 0 Å². The number of primary amides is 1. The zero-order valence-corrected chi connectivity index (χ0v) is 12.7. The molecule has 23 heavy (non-hydrogen) atoms. The summed E-state index contributed by atoms with van der Waals surface area (Å²) in [6, 6.07) is 10.8. The molecule has 120 valence electrons. The van der Waals surface area contributed by atoms with Crippen molar-refractivity contribution in [2.75, 3.05) is 13.2 Å². The van der Waals surface area contributed by atoms with Gasteiger partial charge in [-0.25, -0.2) is 0 Å². The van der Waals surface area contributed by atoms with Crippen LogP contribution in [0.5, 0.6) is 0 Å². The summed E-state index contributed by atoms with van der Waals surface area (Å²) in [4.78, 5) is 28.3. The van der Waals surface area contributed by atoms with Crippen LogP contribution >= 0.6 is 0 Å². The Morgan fingerprint density at radius 3 is 2.87 bits per heavy atom. The zero-order valence-electron chi connectivity index (χ0n) is 12.7. The Labute approximate surface area is 134 Å². The highest BCUT2D eigenvalue weighted by Gasteiger charge is 2.27. The van der Waals surface area contributed by atoms with E-state index in [2.05, 4.69) is 10.3 Å². The van der Waals surface area contributed by atoms with Crippen molar-refractivity contribution in [2.45, 2.75) is 18.9 Å². The second-order valence-corrected chi connectivity index (χ2v) is 5.72. The highest BCUT2D eigenvalue weighted by Crippen LogP contribution is 2.15. The van der Waals surface area contributed by atoms with Gasteiger partial charge in [0.25, 0.3) is 0 Å². The molecule has 0 unspecified atom stereocenters. The molecule has 6 nitrogen and oxygen atoms in total. The molecule has 2 atom stereocenters. The highest BCUT2D eigenvalue weighted by atomic mass is 16.5. The first kappa shape index (κ1) is 15.4. The van der Waals surface area contributed by atoms with Crippen LogP contribution in [0.3, 0.4) is 0 Å². The lowest BCUT2D eigenvalue weighted by molar-refractivity contribution is -0.129. The predicted molar refractivity (Wildman–Crippen MR) is 85.5 cm³/mol. The van der Waals surface area contributed by atoms with Crippen LogP contribution in [-0.2, 0) is 20.7 Å². The van der Waals surface area contributed by atoms with Gasteiger partial charge in [-0.15, -0.1) is 0 Å². The molecule has 2 heterocycles. The van der Waals surface area contributed by atoms with Crippen molar-refractivity contribution in [3.05, 3.63) is 42.1 Å². The van der Waals surface area contributed by atoms with E-state index >= 15 is 0 Å². The van der Waals surface area contributed by atoms with E-state index in [0.717, 1.165) is 16.6 Å². The topological polar surface area (TPSA) is 94.3 Å². The number of pyridine rings is 1. The van der Waals surface area contributed by atoms with E-state index in [4.69, 9.17) is 10.5 Å². The molecule has 1 aromatic carbocycles. The Morgan fingerprint density at radius 1 is 1.30 bits per heavy atom. The number of hydrogen-bond acceptors (Lipinski definition) is 4. The molecule has 3 N–H and O–H groups in total. The Bertz CT molecular complexity index is 726. The third-order valence-electron chi connectivity index (χ3n) is 4.03. The molecular weight excluding hydrogens is 294 g/mol. The van der Waals surface area contributed by atoms with Crippen LogP contribution in [0.4, 0.5) is 0 Å². The minimum Gasteiger partial charge on any atom is -0.381 e. The predicted octanol–water partition coefficient (Wildman–Crippen LogP) is 0.784. The number of nitrogens with one attached hydrogen (secondary N) is 1. The normalized spacial score (nSPS) is 18.7. The van der Waals surface area contributed by atoms with Crippen LogP contribution in [0, 0.1) is 5.92 Å². The fourth-order valence-corrected chi connectivity index (χ4v) is 2.68. The maximum absolute atomic E-state index is 12.1. The molecule has 0 spiro atoms. The van der Waals surface area contributed by atoms with Gasteiger partial charge in [-0.2, -0.15) is 0 Å². The van der Waals surface area contributed by atoms with Gasteiger partial charge < -0.3 is 15.8 Å². The van der Waals surface area contributed by atoms with Gasteiger partial charge in [0.2, 0.25) is 11.8 Å². The zero-order chi connectivity index (χ0) is 16.2. The largest absolute Gasteiger partial charge is 0.381 e. The average molecular weight is 313 g/mol. The summed E-state index contributed by atoms with van der Waals surface area (Å²) in [6.07, 6.45) is 0.949. The number of rotatable bonds is 5. The summed E-state index contributed by atoms with van der Waals surface area (Å²) in [5.41, 5.74) is 7.00. The lowest BCUT2D eigenvalue weighted by atomic mass is 10.1. The molecule has 2 amide bonds. The third kappa shape index (κ3) is 3.65. The first-order valence-electron chi connectivity index (χ1n) is 7.65. The lowest BCUT2D eigenvalue weighted by Crippen LogP contribution is -2.48. The van der Waals surface area contributed by atoms with Crippen molar-refractivity contribution < 1.29 is 14.3 Å². The van der Waals surface area contributed by atoms with Crippen molar-refractivity contribution >= 4 is 22.7 Å². The Hall–Kier alpha value is -2.47. The van der Waals surface area contributed by atoms with Gasteiger partial charge in [0.15, 0.2) is 0 Å². The van der Waals surface area contributed by atoms with Crippen LogP contribution in [0.1, 0.15) is 12.1 Å². The maximum Gasteiger partial charge on any atom is 0.240 e. The molecule has 0 saturated carbocycles. The Kier molecular flexibility index (Phi) is 4.52. The number of para-hydroxylation sites is 1. The van der Waals surface area contributed by atoms with Gasteiger partial charge in [0, 0.05) is 24.1 Å². The molecule has 1 aromatic heterocycles. The van der Waals surface area contributed by atoms with Gasteiger partial charge in [-0.05, 0) is 18.6 Å². The van der Waals surface area contributed by atoms with Gasteiger partial charge in [0.1, 0.15) is 6.04 Å². The molecule has 1 aliphatic heterocycles. The van der Waals surface area contributed by atoms with E-state index in [9.17, 15) is 9.59 Å². The number of benzene rings is 1.